The summed E-state index contributed by atoms with van der Waals surface area (Å²) in [4.78, 5) is 45.3. The summed E-state index contributed by atoms with van der Waals surface area (Å²) in [6.07, 6.45) is 5.79. The quantitative estimate of drug-likeness (QED) is 0.0925. The fourth-order valence-corrected chi connectivity index (χ4v) is 2.37. The van der Waals surface area contributed by atoms with Gasteiger partial charge in [0.1, 0.15) is 19.8 Å². The number of carbonyl (C=O) groups excluding carboxylic acids is 4. The molecule has 0 saturated heterocycles. The second-order valence-electron chi connectivity index (χ2n) is 7.45. The molecule has 0 bridgehead atoms. The average molecular weight is 562 g/mol. The molecular weight excluding hydrogens is 514 g/mol. The summed E-state index contributed by atoms with van der Waals surface area (Å²) in [5, 5.41) is 7.98. The number of ether oxygens (including phenoxy) is 6. The first-order valence-electron chi connectivity index (χ1n) is 13.1. The number of terminal acetylenes is 1. The van der Waals surface area contributed by atoms with E-state index in [1.807, 2.05) is 13.8 Å². The van der Waals surface area contributed by atoms with Gasteiger partial charge in [-0.05, 0) is 6.92 Å². The van der Waals surface area contributed by atoms with Crippen molar-refractivity contribution in [2.45, 2.75) is 33.6 Å². The van der Waals surface area contributed by atoms with Crippen LogP contribution in [0.25, 0.3) is 0 Å². The SMILES string of the molecule is C#CCCC(=O)NCCOCCOCC(=O)NCCOCCOCC(=O)NCCOCCOCC(C)=O.CC. The Hall–Kier alpha value is -2.60. The van der Waals surface area contributed by atoms with E-state index in [0.29, 0.717) is 72.1 Å². The summed E-state index contributed by atoms with van der Waals surface area (Å²) in [5.41, 5.74) is 0. The Bertz CT molecular complexity index is 671. The summed E-state index contributed by atoms with van der Waals surface area (Å²) >= 11 is 0. The number of rotatable bonds is 26. The molecule has 226 valence electrons. The van der Waals surface area contributed by atoms with Crippen molar-refractivity contribution in [2.24, 2.45) is 0 Å². The maximum Gasteiger partial charge on any atom is 0.246 e. The minimum Gasteiger partial charge on any atom is -0.377 e. The van der Waals surface area contributed by atoms with Gasteiger partial charge in [0.25, 0.3) is 0 Å². The number of carbonyl (C=O) groups is 4. The molecule has 39 heavy (non-hydrogen) atoms. The highest BCUT2D eigenvalue weighted by atomic mass is 16.5. The molecule has 3 amide bonds. The molecule has 3 N–H and O–H groups in total. The Morgan fingerprint density at radius 3 is 1.31 bits per heavy atom. The van der Waals surface area contributed by atoms with Crippen molar-refractivity contribution in [3.63, 3.8) is 0 Å². The number of ketones is 1. The molecule has 0 aliphatic heterocycles. The Kier molecular flexibility index (Phi) is 31.2. The third kappa shape index (κ3) is 33.4. The van der Waals surface area contributed by atoms with Crippen LogP contribution in [-0.4, -0.2) is 122 Å². The van der Waals surface area contributed by atoms with Crippen LogP contribution < -0.4 is 16.0 Å². The molecule has 0 aromatic carbocycles. The van der Waals surface area contributed by atoms with Crippen LogP contribution in [0.15, 0.2) is 0 Å². The zero-order valence-electron chi connectivity index (χ0n) is 23.7. The first-order valence-corrected chi connectivity index (χ1v) is 13.1. The summed E-state index contributed by atoms with van der Waals surface area (Å²) in [7, 11) is 0. The molecule has 0 rings (SSSR count). The number of hydrogen-bond donors (Lipinski definition) is 3. The highest BCUT2D eigenvalue weighted by Crippen LogP contribution is 1.86. The second kappa shape index (κ2) is 31.6. The third-order valence-electron chi connectivity index (χ3n) is 4.09. The molecule has 0 fully saturated rings. The van der Waals surface area contributed by atoms with E-state index in [9.17, 15) is 19.2 Å². The van der Waals surface area contributed by atoms with E-state index in [4.69, 9.17) is 34.8 Å². The zero-order valence-corrected chi connectivity index (χ0v) is 23.7. The fourth-order valence-electron chi connectivity index (χ4n) is 2.37. The number of Topliss-reactive ketones (excluding diaryl/α,β-unsaturated/α-hetero) is 1. The summed E-state index contributed by atoms with van der Waals surface area (Å²) in [6, 6.07) is 0. The Labute approximate surface area is 232 Å². The highest BCUT2D eigenvalue weighted by molar-refractivity contribution is 5.77. The maximum atomic E-state index is 11.7. The molecule has 0 atom stereocenters. The Balaban J connectivity index is 0. The van der Waals surface area contributed by atoms with Crippen LogP contribution in [0.2, 0.25) is 0 Å². The molecular formula is C26H47N3O10. The lowest BCUT2D eigenvalue weighted by Crippen LogP contribution is -2.32. The fraction of sp³-hybridized carbons (Fsp3) is 0.769. The monoisotopic (exact) mass is 561 g/mol. The van der Waals surface area contributed by atoms with E-state index in [1.165, 1.54) is 6.92 Å². The van der Waals surface area contributed by atoms with Crippen LogP contribution in [0, 0.1) is 12.3 Å². The van der Waals surface area contributed by atoms with Gasteiger partial charge in [-0.15, -0.1) is 12.3 Å². The Morgan fingerprint density at radius 2 is 0.923 bits per heavy atom. The minimum absolute atomic E-state index is 0.0426. The highest BCUT2D eigenvalue weighted by Gasteiger charge is 2.03. The van der Waals surface area contributed by atoms with Crippen molar-refractivity contribution in [3.8, 4) is 12.3 Å². The van der Waals surface area contributed by atoms with Gasteiger partial charge in [0.05, 0.1) is 59.5 Å². The predicted molar refractivity (Wildman–Crippen MR) is 144 cm³/mol. The largest absolute Gasteiger partial charge is 0.377 e. The second-order valence-corrected chi connectivity index (χ2v) is 7.45. The standard InChI is InChI=1S/C24H41N3O10.C2H6/c1-3-4-5-22(29)25-6-9-32-13-16-36-19-24(31)27-8-11-34-14-17-37-20-23(30)26-7-10-33-12-15-35-18-21(2)28;1-2/h1H,4-20H2,2H3,(H,25,29)(H,26,30)(H,27,31);1-2H3. The predicted octanol–water partition coefficient (Wildman–Crippen LogP) is -0.537. The first kappa shape index (κ1) is 38.5. The smallest absolute Gasteiger partial charge is 0.246 e. The third-order valence-corrected chi connectivity index (χ3v) is 4.09. The van der Waals surface area contributed by atoms with Gasteiger partial charge < -0.3 is 44.4 Å². The number of amides is 3. The van der Waals surface area contributed by atoms with Gasteiger partial charge in [-0.1, -0.05) is 13.8 Å². The van der Waals surface area contributed by atoms with Gasteiger partial charge in [-0.25, -0.2) is 0 Å². The van der Waals surface area contributed by atoms with Crippen LogP contribution in [0.1, 0.15) is 33.6 Å². The van der Waals surface area contributed by atoms with Gasteiger partial charge in [0, 0.05) is 32.5 Å². The van der Waals surface area contributed by atoms with E-state index >= 15 is 0 Å². The van der Waals surface area contributed by atoms with Crippen LogP contribution in [0.3, 0.4) is 0 Å². The molecule has 0 aliphatic carbocycles. The number of nitrogens with one attached hydrogen (secondary N) is 3. The lowest BCUT2D eigenvalue weighted by atomic mass is 10.3. The molecule has 13 nitrogen and oxygen atoms in total. The van der Waals surface area contributed by atoms with Crippen molar-refractivity contribution in [2.75, 3.05) is 98.9 Å². The van der Waals surface area contributed by atoms with E-state index in [-0.39, 0.29) is 63.1 Å². The van der Waals surface area contributed by atoms with Gasteiger partial charge in [0.2, 0.25) is 17.7 Å². The lowest BCUT2D eigenvalue weighted by molar-refractivity contribution is -0.127. The molecule has 0 aromatic rings. The maximum absolute atomic E-state index is 11.7. The van der Waals surface area contributed by atoms with Crippen LogP contribution in [0.5, 0.6) is 0 Å². The first-order chi connectivity index (χ1) is 19.0. The summed E-state index contributed by atoms with van der Waals surface area (Å²) < 4.78 is 31.3. The van der Waals surface area contributed by atoms with E-state index in [0.717, 1.165) is 0 Å². The summed E-state index contributed by atoms with van der Waals surface area (Å²) in [5.74, 6) is 1.70. The normalized spacial score (nSPS) is 10.1. The van der Waals surface area contributed by atoms with E-state index in [1.54, 1.807) is 0 Å². The van der Waals surface area contributed by atoms with Crippen molar-refractivity contribution in [1.29, 1.82) is 0 Å². The minimum atomic E-state index is -0.273. The van der Waals surface area contributed by atoms with Gasteiger partial charge >= 0.3 is 0 Å². The molecule has 0 spiro atoms. The number of hydrogen-bond acceptors (Lipinski definition) is 10. The topological polar surface area (TPSA) is 160 Å². The van der Waals surface area contributed by atoms with Gasteiger partial charge in [0.15, 0.2) is 5.78 Å². The van der Waals surface area contributed by atoms with Crippen molar-refractivity contribution < 1.29 is 47.6 Å². The van der Waals surface area contributed by atoms with Crippen LogP contribution in [0.4, 0.5) is 0 Å². The van der Waals surface area contributed by atoms with E-state index in [2.05, 4.69) is 21.9 Å². The molecule has 0 heterocycles. The Morgan fingerprint density at radius 1 is 0.564 bits per heavy atom. The van der Waals surface area contributed by atoms with Crippen LogP contribution >= 0.6 is 0 Å². The van der Waals surface area contributed by atoms with Crippen molar-refractivity contribution >= 4 is 23.5 Å². The van der Waals surface area contributed by atoms with Crippen molar-refractivity contribution in [3.05, 3.63) is 0 Å². The molecule has 13 heteroatoms. The van der Waals surface area contributed by atoms with Crippen molar-refractivity contribution in [1.82, 2.24) is 16.0 Å². The van der Waals surface area contributed by atoms with E-state index < -0.39 is 0 Å². The molecule has 0 unspecified atom stereocenters. The zero-order chi connectivity index (χ0) is 29.4. The molecule has 0 radical (unpaired) electrons. The molecule has 0 saturated carbocycles. The molecule has 0 aromatic heterocycles. The van der Waals surface area contributed by atoms with Gasteiger partial charge in [-0.3, -0.25) is 19.2 Å². The average Bonchev–Trinajstić information content (AvgIpc) is 2.92. The summed E-state index contributed by atoms with van der Waals surface area (Å²) in [6.45, 7) is 9.10. The van der Waals surface area contributed by atoms with Crippen LogP contribution in [-0.2, 0) is 47.6 Å². The van der Waals surface area contributed by atoms with Gasteiger partial charge in [-0.2, -0.15) is 0 Å². The molecule has 0 aliphatic rings. The lowest BCUT2D eigenvalue weighted by Gasteiger charge is -2.09.